The minimum Gasteiger partial charge on any atom is -0.468 e. The molecular weight excluding hydrogens is 416 g/mol. The number of anilines is 1. The third-order valence-electron chi connectivity index (χ3n) is 6.04. The van der Waals surface area contributed by atoms with Gasteiger partial charge in [-0.25, -0.2) is 12.7 Å². The molecule has 2 aliphatic heterocycles. The number of rotatable bonds is 6. The lowest BCUT2D eigenvalue weighted by molar-refractivity contribution is 0.0620. The number of nitrogens with zero attached hydrogens (tertiary/aromatic N) is 4. The summed E-state index contributed by atoms with van der Waals surface area (Å²) < 4.78 is 32.0. The van der Waals surface area contributed by atoms with Crippen LogP contribution < -0.4 is 4.90 Å². The van der Waals surface area contributed by atoms with Gasteiger partial charge in [-0.3, -0.25) is 9.69 Å². The van der Waals surface area contributed by atoms with E-state index in [0.717, 1.165) is 57.0 Å². The van der Waals surface area contributed by atoms with Crippen molar-refractivity contribution in [1.29, 1.82) is 0 Å². The largest absolute Gasteiger partial charge is 0.468 e. The Bertz CT molecular complexity index is 1010. The van der Waals surface area contributed by atoms with Crippen LogP contribution in [0.1, 0.15) is 29.0 Å². The Morgan fingerprint density at radius 3 is 2.35 bits per heavy atom. The van der Waals surface area contributed by atoms with Crippen LogP contribution in [0.2, 0.25) is 0 Å². The zero-order chi connectivity index (χ0) is 22.0. The first-order chi connectivity index (χ1) is 14.9. The highest BCUT2D eigenvalue weighted by molar-refractivity contribution is 7.89. The highest BCUT2D eigenvalue weighted by Gasteiger charge is 2.29. The zero-order valence-electron chi connectivity index (χ0n) is 18.2. The lowest BCUT2D eigenvalue weighted by Crippen LogP contribution is -2.48. The van der Waals surface area contributed by atoms with Crippen molar-refractivity contribution < 1.29 is 17.6 Å². The Hall–Kier alpha value is -2.36. The summed E-state index contributed by atoms with van der Waals surface area (Å²) >= 11 is 0. The molecule has 2 fully saturated rings. The molecule has 2 aromatic rings. The number of benzene rings is 1. The van der Waals surface area contributed by atoms with Gasteiger partial charge in [0.25, 0.3) is 5.91 Å². The van der Waals surface area contributed by atoms with Crippen molar-refractivity contribution in [3.63, 3.8) is 0 Å². The van der Waals surface area contributed by atoms with E-state index in [0.29, 0.717) is 18.7 Å². The molecule has 1 aromatic carbocycles. The fourth-order valence-corrected chi connectivity index (χ4v) is 5.12. The quantitative estimate of drug-likeness (QED) is 0.676. The minimum atomic E-state index is -3.62. The molecule has 0 unspecified atom stereocenters. The van der Waals surface area contributed by atoms with E-state index in [-0.39, 0.29) is 10.8 Å². The summed E-state index contributed by atoms with van der Waals surface area (Å²) in [5.41, 5.74) is 1.31. The van der Waals surface area contributed by atoms with Gasteiger partial charge in [-0.15, -0.1) is 0 Å². The van der Waals surface area contributed by atoms with Gasteiger partial charge in [-0.05, 0) is 43.2 Å². The van der Waals surface area contributed by atoms with Gasteiger partial charge in [0.15, 0.2) is 0 Å². The maximum atomic E-state index is 13.5. The molecule has 2 saturated heterocycles. The van der Waals surface area contributed by atoms with Crippen LogP contribution in [-0.2, 0) is 16.6 Å². The Morgan fingerprint density at radius 1 is 1.03 bits per heavy atom. The Morgan fingerprint density at radius 2 is 1.74 bits per heavy atom. The minimum absolute atomic E-state index is 0.102. The summed E-state index contributed by atoms with van der Waals surface area (Å²) in [5, 5.41) is 0. The molecule has 9 heteroatoms. The van der Waals surface area contributed by atoms with Gasteiger partial charge in [-0.1, -0.05) is 0 Å². The van der Waals surface area contributed by atoms with Gasteiger partial charge in [0.05, 0.1) is 23.3 Å². The predicted molar refractivity (Wildman–Crippen MR) is 119 cm³/mol. The standard InChI is InChI=1S/C22H30N4O4S/c1-23(2)31(28,29)19-7-8-21(25-9-3-4-10-25)20(16-19)22(27)26-13-11-24(12-14-26)17-18-6-5-15-30-18/h5-8,15-16H,3-4,9-14,17H2,1-2H3. The molecule has 0 radical (unpaired) electrons. The van der Waals surface area contributed by atoms with E-state index in [1.54, 1.807) is 24.5 Å². The van der Waals surface area contributed by atoms with Crippen LogP contribution in [0.15, 0.2) is 45.9 Å². The summed E-state index contributed by atoms with van der Waals surface area (Å²) in [4.78, 5) is 19.9. The molecule has 0 atom stereocenters. The number of hydrogen-bond acceptors (Lipinski definition) is 6. The van der Waals surface area contributed by atoms with Crippen LogP contribution in [0.3, 0.4) is 0 Å². The van der Waals surface area contributed by atoms with E-state index in [1.807, 2.05) is 17.0 Å². The zero-order valence-corrected chi connectivity index (χ0v) is 19.0. The summed E-state index contributed by atoms with van der Waals surface area (Å²) in [6, 6.07) is 8.80. The first-order valence-corrected chi connectivity index (χ1v) is 12.2. The molecule has 0 spiro atoms. The molecule has 0 aliphatic carbocycles. The highest BCUT2D eigenvalue weighted by Crippen LogP contribution is 2.29. The molecule has 4 rings (SSSR count). The number of carbonyl (C=O) groups is 1. The molecule has 1 aromatic heterocycles. The molecule has 0 saturated carbocycles. The van der Waals surface area contributed by atoms with E-state index < -0.39 is 10.0 Å². The van der Waals surface area contributed by atoms with E-state index in [9.17, 15) is 13.2 Å². The highest BCUT2D eigenvalue weighted by atomic mass is 32.2. The van der Waals surface area contributed by atoms with Gasteiger partial charge in [0.2, 0.25) is 10.0 Å². The normalized spacial score (nSPS) is 18.2. The summed E-state index contributed by atoms with van der Waals surface area (Å²) in [6.07, 6.45) is 3.83. The molecule has 168 valence electrons. The van der Waals surface area contributed by atoms with Crippen LogP contribution >= 0.6 is 0 Å². The van der Waals surface area contributed by atoms with Crippen molar-refractivity contribution in [2.75, 3.05) is 58.3 Å². The van der Waals surface area contributed by atoms with Gasteiger partial charge in [-0.2, -0.15) is 0 Å². The lowest BCUT2D eigenvalue weighted by Gasteiger charge is -2.35. The molecule has 8 nitrogen and oxygen atoms in total. The monoisotopic (exact) mass is 446 g/mol. The van der Waals surface area contributed by atoms with Crippen LogP contribution in [0.5, 0.6) is 0 Å². The first-order valence-electron chi connectivity index (χ1n) is 10.7. The van der Waals surface area contributed by atoms with Crippen LogP contribution in [0.25, 0.3) is 0 Å². The number of amides is 1. The van der Waals surface area contributed by atoms with Crippen molar-refractivity contribution in [1.82, 2.24) is 14.1 Å². The van der Waals surface area contributed by atoms with Gasteiger partial charge >= 0.3 is 0 Å². The maximum absolute atomic E-state index is 13.5. The van der Waals surface area contributed by atoms with Crippen molar-refractivity contribution in [2.45, 2.75) is 24.3 Å². The van der Waals surface area contributed by atoms with Crippen molar-refractivity contribution in [2.24, 2.45) is 0 Å². The molecule has 3 heterocycles. The fourth-order valence-electron chi connectivity index (χ4n) is 4.19. The van der Waals surface area contributed by atoms with Crippen LogP contribution in [-0.4, -0.2) is 81.8 Å². The van der Waals surface area contributed by atoms with Gasteiger partial charge in [0.1, 0.15) is 5.76 Å². The Kier molecular flexibility index (Phi) is 6.36. The second-order valence-corrected chi connectivity index (χ2v) is 10.5. The van der Waals surface area contributed by atoms with Crippen LogP contribution in [0, 0.1) is 0 Å². The maximum Gasteiger partial charge on any atom is 0.256 e. The van der Waals surface area contributed by atoms with E-state index in [2.05, 4.69) is 9.80 Å². The molecule has 0 bridgehead atoms. The molecule has 1 amide bonds. The fraction of sp³-hybridized carbons (Fsp3) is 0.500. The third kappa shape index (κ3) is 4.63. The van der Waals surface area contributed by atoms with Gasteiger partial charge in [0, 0.05) is 59.1 Å². The van der Waals surface area contributed by atoms with Crippen molar-refractivity contribution in [3.05, 3.63) is 47.9 Å². The third-order valence-corrected chi connectivity index (χ3v) is 7.85. The number of furan rings is 1. The van der Waals surface area contributed by atoms with E-state index >= 15 is 0 Å². The summed E-state index contributed by atoms with van der Waals surface area (Å²) in [5.74, 6) is 0.813. The number of sulfonamides is 1. The molecular formula is C22H30N4O4S. The number of piperazine rings is 1. The number of hydrogen-bond donors (Lipinski definition) is 0. The molecule has 2 aliphatic rings. The van der Waals surface area contributed by atoms with E-state index in [4.69, 9.17) is 4.42 Å². The number of carbonyl (C=O) groups excluding carboxylic acids is 1. The average Bonchev–Trinajstić information content (AvgIpc) is 3.47. The average molecular weight is 447 g/mol. The van der Waals surface area contributed by atoms with Crippen molar-refractivity contribution >= 4 is 21.6 Å². The SMILES string of the molecule is CN(C)S(=O)(=O)c1ccc(N2CCCC2)c(C(=O)N2CCN(Cc3ccco3)CC2)c1. The predicted octanol–water partition coefficient (Wildman–Crippen LogP) is 2.09. The molecule has 0 N–H and O–H groups in total. The smallest absolute Gasteiger partial charge is 0.256 e. The lowest BCUT2D eigenvalue weighted by atomic mass is 10.1. The van der Waals surface area contributed by atoms with E-state index in [1.165, 1.54) is 18.4 Å². The summed E-state index contributed by atoms with van der Waals surface area (Å²) in [7, 11) is -0.609. The Labute approximate surface area is 184 Å². The first kappa shape index (κ1) is 21.9. The summed E-state index contributed by atoms with van der Waals surface area (Å²) in [6.45, 7) is 5.20. The molecule has 31 heavy (non-hydrogen) atoms. The Balaban J connectivity index is 1.55. The topological polar surface area (TPSA) is 77.3 Å². The second-order valence-electron chi connectivity index (χ2n) is 8.31. The second kappa shape index (κ2) is 9.02. The van der Waals surface area contributed by atoms with Crippen LogP contribution in [0.4, 0.5) is 5.69 Å². The van der Waals surface area contributed by atoms with Gasteiger partial charge < -0.3 is 14.2 Å². The van der Waals surface area contributed by atoms with Crippen molar-refractivity contribution in [3.8, 4) is 0 Å².